The van der Waals surface area contributed by atoms with E-state index in [1.807, 2.05) is 37.3 Å². The number of methoxy groups -OCH3 is 2. The van der Waals surface area contributed by atoms with E-state index in [9.17, 15) is 4.79 Å². The van der Waals surface area contributed by atoms with Gasteiger partial charge in [-0.05, 0) is 67.1 Å². The molecule has 0 aliphatic heterocycles. The number of carbonyl (C=O) groups excluding carboxylic acids is 1. The largest absolute Gasteiger partial charge is 0.497 e. The van der Waals surface area contributed by atoms with Crippen molar-refractivity contribution in [1.29, 1.82) is 0 Å². The third kappa shape index (κ3) is 3.79. The average Bonchev–Trinajstić information content (AvgIpc) is 3.16. The van der Waals surface area contributed by atoms with Crippen molar-refractivity contribution in [3.63, 3.8) is 0 Å². The SMILES string of the molecule is COc1ccc(-n2nc3cc(C)c(NC(=O)c4cc(Cl)ccc4OC)cc3n2)cc1. The molecule has 3 aromatic carbocycles. The van der Waals surface area contributed by atoms with Crippen LogP contribution in [0.5, 0.6) is 11.5 Å². The maximum Gasteiger partial charge on any atom is 0.259 e. The molecule has 1 amide bonds. The van der Waals surface area contributed by atoms with E-state index >= 15 is 0 Å². The number of nitrogens with one attached hydrogen (secondary N) is 1. The van der Waals surface area contributed by atoms with Gasteiger partial charge in [-0.1, -0.05) is 11.6 Å². The van der Waals surface area contributed by atoms with E-state index in [1.54, 1.807) is 36.2 Å². The molecule has 152 valence electrons. The lowest BCUT2D eigenvalue weighted by atomic mass is 10.1. The molecular weight excluding hydrogens is 404 g/mol. The fraction of sp³-hybridized carbons (Fsp3) is 0.136. The molecule has 0 atom stereocenters. The van der Waals surface area contributed by atoms with Gasteiger partial charge in [-0.15, -0.1) is 10.2 Å². The van der Waals surface area contributed by atoms with Gasteiger partial charge in [0.25, 0.3) is 5.91 Å². The van der Waals surface area contributed by atoms with E-state index in [1.165, 1.54) is 7.11 Å². The summed E-state index contributed by atoms with van der Waals surface area (Å²) in [7, 11) is 3.13. The summed E-state index contributed by atoms with van der Waals surface area (Å²) in [4.78, 5) is 14.4. The first-order valence-corrected chi connectivity index (χ1v) is 9.53. The summed E-state index contributed by atoms with van der Waals surface area (Å²) in [6.07, 6.45) is 0. The molecular formula is C22H19ClN4O3. The molecule has 7 nitrogen and oxygen atoms in total. The average molecular weight is 423 g/mol. The van der Waals surface area contributed by atoms with Crippen LogP contribution in [0.25, 0.3) is 16.7 Å². The van der Waals surface area contributed by atoms with Gasteiger partial charge in [-0.2, -0.15) is 4.80 Å². The second kappa shape index (κ2) is 8.04. The predicted molar refractivity (Wildman–Crippen MR) is 116 cm³/mol. The molecule has 30 heavy (non-hydrogen) atoms. The predicted octanol–water partition coefficient (Wildman–Crippen LogP) is 4.65. The van der Waals surface area contributed by atoms with Crippen LogP contribution in [0.3, 0.4) is 0 Å². The normalized spacial score (nSPS) is 10.8. The Morgan fingerprint density at radius 2 is 1.67 bits per heavy atom. The number of hydrogen-bond acceptors (Lipinski definition) is 5. The molecule has 0 aliphatic carbocycles. The number of carbonyl (C=O) groups is 1. The topological polar surface area (TPSA) is 78.3 Å². The maximum absolute atomic E-state index is 12.8. The minimum absolute atomic E-state index is 0.320. The zero-order valence-corrected chi connectivity index (χ0v) is 17.4. The third-order valence-corrected chi connectivity index (χ3v) is 4.92. The lowest BCUT2D eigenvalue weighted by Crippen LogP contribution is -2.14. The molecule has 1 aromatic heterocycles. The van der Waals surface area contributed by atoms with E-state index in [2.05, 4.69) is 15.5 Å². The molecule has 4 aromatic rings. The quantitative estimate of drug-likeness (QED) is 0.506. The molecule has 0 unspecified atom stereocenters. The fourth-order valence-electron chi connectivity index (χ4n) is 3.08. The number of aromatic nitrogens is 3. The number of benzene rings is 3. The lowest BCUT2D eigenvalue weighted by molar-refractivity contribution is 0.102. The Kier molecular flexibility index (Phi) is 5.29. The van der Waals surface area contributed by atoms with E-state index in [4.69, 9.17) is 21.1 Å². The van der Waals surface area contributed by atoms with Crippen LogP contribution in [-0.2, 0) is 0 Å². The highest BCUT2D eigenvalue weighted by Crippen LogP contribution is 2.26. The van der Waals surface area contributed by atoms with Gasteiger partial charge >= 0.3 is 0 Å². The Labute approximate surface area is 178 Å². The number of hydrogen-bond donors (Lipinski definition) is 1. The van der Waals surface area contributed by atoms with E-state index in [0.717, 1.165) is 22.5 Å². The van der Waals surface area contributed by atoms with Gasteiger partial charge in [0, 0.05) is 10.7 Å². The number of rotatable bonds is 5. The Morgan fingerprint density at radius 1 is 0.967 bits per heavy atom. The van der Waals surface area contributed by atoms with Crippen LogP contribution in [0.15, 0.2) is 54.6 Å². The van der Waals surface area contributed by atoms with Crippen LogP contribution >= 0.6 is 11.6 Å². The van der Waals surface area contributed by atoms with Crippen molar-refractivity contribution in [1.82, 2.24) is 15.0 Å². The fourth-order valence-corrected chi connectivity index (χ4v) is 3.25. The first-order chi connectivity index (χ1) is 14.5. The van der Waals surface area contributed by atoms with Crippen molar-refractivity contribution < 1.29 is 14.3 Å². The van der Waals surface area contributed by atoms with Gasteiger partial charge in [-0.25, -0.2) is 0 Å². The number of anilines is 1. The summed E-state index contributed by atoms with van der Waals surface area (Å²) >= 11 is 6.05. The second-order valence-electron chi connectivity index (χ2n) is 6.64. The Hall–Kier alpha value is -3.58. The van der Waals surface area contributed by atoms with Crippen LogP contribution in [0.4, 0.5) is 5.69 Å². The van der Waals surface area contributed by atoms with Crippen LogP contribution in [0.1, 0.15) is 15.9 Å². The summed E-state index contributed by atoms with van der Waals surface area (Å²) in [5.74, 6) is 0.883. The van der Waals surface area contributed by atoms with Gasteiger partial charge in [0.05, 0.1) is 25.5 Å². The molecule has 0 radical (unpaired) electrons. The lowest BCUT2D eigenvalue weighted by Gasteiger charge is -2.11. The summed E-state index contributed by atoms with van der Waals surface area (Å²) < 4.78 is 10.5. The van der Waals surface area contributed by atoms with Crippen LogP contribution in [0, 0.1) is 6.92 Å². The minimum atomic E-state index is -0.320. The highest BCUT2D eigenvalue weighted by Gasteiger charge is 2.16. The van der Waals surface area contributed by atoms with E-state index < -0.39 is 0 Å². The van der Waals surface area contributed by atoms with Gasteiger partial charge in [0.2, 0.25) is 0 Å². The maximum atomic E-state index is 12.8. The smallest absolute Gasteiger partial charge is 0.259 e. The highest BCUT2D eigenvalue weighted by atomic mass is 35.5. The summed E-state index contributed by atoms with van der Waals surface area (Å²) in [5.41, 5.74) is 4.03. The van der Waals surface area contributed by atoms with Crippen molar-refractivity contribution in [3.8, 4) is 17.2 Å². The van der Waals surface area contributed by atoms with Crippen LogP contribution < -0.4 is 14.8 Å². The molecule has 0 aliphatic rings. The molecule has 0 saturated carbocycles. The minimum Gasteiger partial charge on any atom is -0.497 e. The van der Waals surface area contributed by atoms with E-state index in [0.29, 0.717) is 27.5 Å². The number of fused-ring (bicyclic) bond motifs is 1. The van der Waals surface area contributed by atoms with Gasteiger partial charge < -0.3 is 14.8 Å². The van der Waals surface area contributed by atoms with Crippen molar-refractivity contribution in [3.05, 3.63) is 70.7 Å². The highest BCUT2D eigenvalue weighted by molar-refractivity contribution is 6.31. The molecule has 8 heteroatoms. The van der Waals surface area contributed by atoms with Crippen molar-refractivity contribution >= 4 is 34.2 Å². The zero-order chi connectivity index (χ0) is 21.3. The first-order valence-electron chi connectivity index (χ1n) is 9.15. The Balaban J connectivity index is 1.66. The van der Waals surface area contributed by atoms with Gasteiger partial charge in [-0.3, -0.25) is 4.79 Å². The molecule has 0 bridgehead atoms. The number of amides is 1. The number of ether oxygens (including phenoxy) is 2. The zero-order valence-electron chi connectivity index (χ0n) is 16.6. The standard InChI is InChI=1S/C22H19ClN4O3/c1-13-10-19-20(26-27(25-19)15-5-7-16(29-2)8-6-15)12-18(13)24-22(28)17-11-14(23)4-9-21(17)30-3/h4-12H,1-3H3,(H,24,28). The van der Waals surface area contributed by atoms with Crippen LogP contribution in [0.2, 0.25) is 5.02 Å². The molecule has 0 fully saturated rings. The molecule has 4 rings (SSSR count). The van der Waals surface area contributed by atoms with Crippen molar-refractivity contribution in [2.75, 3.05) is 19.5 Å². The van der Waals surface area contributed by atoms with E-state index in [-0.39, 0.29) is 5.91 Å². The Morgan fingerprint density at radius 3 is 2.33 bits per heavy atom. The number of halogens is 1. The monoisotopic (exact) mass is 422 g/mol. The molecule has 0 saturated heterocycles. The second-order valence-corrected chi connectivity index (χ2v) is 7.08. The summed E-state index contributed by atoms with van der Waals surface area (Å²) in [5, 5.41) is 12.4. The summed E-state index contributed by atoms with van der Waals surface area (Å²) in [6.45, 7) is 1.90. The summed E-state index contributed by atoms with van der Waals surface area (Å²) in [6, 6.07) is 16.0. The molecule has 1 N–H and O–H groups in total. The van der Waals surface area contributed by atoms with Crippen molar-refractivity contribution in [2.45, 2.75) is 6.92 Å². The first kappa shape index (κ1) is 19.7. The molecule has 1 heterocycles. The number of aryl methyl sites for hydroxylation is 1. The van der Waals surface area contributed by atoms with Gasteiger partial charge in [0.1, 0.15) is 22.5 Å². The molecule has 0 spiro atoms. The Bertz CT molecular complexity index is 1240. The third-order valence-electron chi connectivity index (χ3n) is 4.68. The van der Waals surface area contributed by atoms with Gasteiger partial charge in [0.15, 0.2) is 0 Å². The number of nitrogens with zero attached hydrogens (tertiary/aromatic N) is 3. The van der Waals surface area contributed by atoms with Crippen molar-refractivity contribution in [2.24, 2.45) is 0 Å². The van der Waals surface area contributed by atoms with Crippen LogP contribution in [-0.4, -0.2) is 35.1 Å².